The van der Waals surface area contributed by atoms with Gasteiger partial charge in [0.25, 0.3) is 0 Å². The van der Waals surface area contributed by atoms with E-state index in [1.165, 1.54) is 18.2 Å². The first-order valence-corrected chi connectivity index (χ1v) is 5.69. The van der Waals surface area contributed by atoms with Crippen LogP contribution < -0.4 is 14.8 Å². The Morgan fingerprint density at radius 1 is 1.37 bits per heavy atom. The molecular formula is C12H13F2NO4. The van der Waals surface area contributed by atoms with Gasteiger partial charge in [0.15, 0.2) is 11.5 Å². The molecule has 1 aromatic rings. The molecule has 0 saturated heterocycles. The van der Waals surface area contributed by atoms with E-state index in [9.17, 15) is 13.6 Å². The molecule has 5 nitrogen and oxygen atoms in total. The average Bonchev–Trinajstić information content (AvgIpc) is 2.58. The van der Waals surface area contributed by atoms with Crippen molar-refractivity contribution in [3.63, 3.8) is 0 Å². The fourth-order valence-electron chi connectivity index (χ4n) is 1.54. The lowest BCUT2D eigenvalue weighted by molar-refractivity contribution is -0.286. The molecule has 2 rings (SSSR count). The molecule has 0 spiro atoms. The number of benzene rings is 1. The minimum absolute atomic E-state index is 0.0414. The van der Waals surface area contributed by atoms with Gasteiger partial charge in [0.1, 0.15) is 6.54 Å². The molecule has 0 bridgehead atoms. The molecule has 1 N–H and O–H groups in total. The predicted octanol–water partition coefficient (Wildman–Crippen LogP) is 2.37. The molecule has 1 aromatic carbocycles. The van der Waals surface area contributed by atoms with E-state index in [0.717, 1.165) is 0 Å². The Bertz CT molecular complexity index is 491. The molecule has 19 heavy (non-hydrogen) atoms. The van der Waals surface area contributed by atoms with Crippen LogP contribution in [0.25, 0.3) is 0 Å². The van der Waals surface area contributed by atoms with Crippen molar-refractivity contribution < 1.29 is 27.8 Å². The molecule has 0 unspecified atom stereocenters. The van der Waals surface area contributed by atoms with Crippen LogP contribution in [-0.4, -0.2) is 24.9 Å². The summed E-state index contributed by atoms with van der Waals surface area (Å²) in [6.07, 6.45) is -3.85. The standard InChI is InChI=1S/C12H13F2NO4/c1-7(2)17-11(16)6-15-8-3-4-9-10(5-8)19-12(13,14)18-9/h3-5,7,15H,6H2,1-2H3. The number of anilines is 1. The molecule has 0 saturated carbocycles. The summed E-state index contributed by atoms with van der Waals surface area (Å²) in [5.41, 5.74) is 0.459. The summed E-state index contributed by atoms with van der Waals surface area (Å²) < 4.78 is 39.0. The molecule has 7 heteroatoms. The lowest BCUT2D eigenvalue weighted by Gasteiger charge is -2.09. The van der Waals surface area contributed by atoms with E-state index in [0.29, 0.717) is 5.69 Å². The minimum atomic E-state index is -3.64. The van der Waals surface area contributed by atoms with E-state index in [4.69, 9.17) is 4.74 Å². The molecule has 0 aliphatic carbocycles. The van der Waals surface area contributed by atoms with Gasteiger partial charge in [0.2, 0.25) is 0 Å². The van der Waals surface area contributed by atoms with Crippen molar-refractivity contribution >= 4 is 11.7 Å². The highest BCUT2D eigenvalue weighted by atomic mass is 19.3. The Morgan fingerprint density at radius 3 is 2.74 bits per heavy atom. The normalized spacial score (nSPS) is 15.4. The van der Waals surface area contributed by atoms with Gasteiger partial charge in [0, 0.05) is 11.8 Å². The van der Waals surface area contributed by atoms with Crippen LogP contribution in [0.4, 0.5) is 14.5 Å². The van der Waals surface area contributed by atoms with Crippen LogP contribution in [0, 0.1) is 0 Å². The molecule has 0 aromatic heterocycles. The fourth-order valence-corrected chi connectivity index (χ4v) is 1.54. The van der Waals surface area contributed by atoms with Crippen LogP contribution in [0.3, 0.4) is 0 Å². The van der Waals surface area contributed by atoms with Crippen molar-refractivity contribution in [1.82, 2.24) is 0 Å². The van der Waals surface area contributed by atoms with Crippen LogP contribution in [0.5, 0.6) is 11.5 Å². The van der Waals surface area contributed by atoms with E-state index in [-0.39, 0.29) is 24.1 Å². The zero-order valence-electron chi connectivity index (χ0n) is 10.4. The first kappa shape index (κ1) is 13.4. The van der Waals surface area contributed by atoms with Crippen LogP contribution in [0.1, 0.15) is 13.8 Å². The van der Waals surface area contributed by atoms with Gasteiger partial charge in [-0.25, -0.2) is 0 Å². The number of halogens is 2. The number of ether oxygens (including phenoxy) is 3. The number of hydrogen-bond donors (Lipinski definition) is 1. The minimum Gasteiger partial charge on any atom is -0.462 e. The largest absolute Gasteiger partial charge is 0.586 e. The topological polar surface area (TPSA) is 56.8 Å². The maximum absolute atomic E-state index is 12.8. The molecule has 0 atom stereocenters. The molecule has 0 amide bonds. The van der Waals surface area contributed by atoms with Gasteiger partial charge >= 0.3 is 12.3 Å². The van der Waals surface area contributed by atoms with Gasteiger partial charge in [-0.1, -0.05) is 0 Å². The van der Waals surface area contributed by atoms with Gasteiger partial charge in [-0.3, -0.25) is 4.79 Å². The van der Waals surface area contributed by atoms with Crippen molar-refractivity contribution in [3.05, 3.63) is 18.2 Å². The maximum Gasteiger partial charge on any atom is 0.586 e. The number of nitrogens with one attached hydrogen (secondary N) is 1. The number of hydrogen-bond acceptors (Lipinski definition) is 5. The van der Waals surface area contributed by atoms with E-state index in [1.54, 1.807) is 13.8 Å². The zero-order valence-corrected chi connectivity index (χ0v) is 10.4. The number of carbonyl (C=O) groups excluding carboxylic acids is 1. The molecule has 0 radical (unpaired) electrons. The average molecular weight is 273 g/mol. The van der Waals surface area contributed by atoms with Crippen molar-refractivity contribution in [1.29, 1.82) is 0 Å². The van der Waals surface area contributed by atoms with E-state index < -0.39 is 12.3 Å². The van der Waals surface area contributed by atoms with Crippen LogP contribution in [0.2, 0.25) is 0 Å². The second kappa shape index (κ2) is 4.91. The van der Waals surface area contributed by atoms with E-state index in [1.807, 2.05) is 0 Å². The number of carbonyl (C=O) groups is 1. The van der Waals surface area contributed by atoms with Crippen LogP contribution >= 0.6 is 0 Å². The van der Waals surface area contributed by atoms with Gasteiger partial charge in [-0.2, -0.15) is 0 Å². The maximum atomic E-state index is 12.8. The summed E-state index contributed by atoms with van der Waals surface area (Å²) >= 11 is 0. The number of alkyl halides is 2. The molecule has 1 aliphatic heterocycles. The summed E-state index contributed by atoms with van der Waals surface area (Å²) in [6, 6.07) is 4.18. The van der Waals surface area contributed by atoms with Gasteiger partial charge in [0.05, 0.1) is 6.10 Å². The first-order chi connectivity index (χ1) is 8.85. The van der Waals surface area contributed by atoms with E-state index in [2.05, 4.69) is 14.8 Å². The summed E-state index contributed by atoms with van der Waals surface area (Å²) in [7, 11) is 0. The molecule has 1 aliphatic rings. The van der Waals surface area contributed by atoms with Crippen molar-refractivity contribution in [2.75, 3.05) is 11.9 Å². The third-order valence-electron chi connectivity index (χ3n) is 2.21. The van der Waals surface area contributed by atoms with Crippen molar-refractivity contribution in [2.45, 2.75) is 26.2 Å². The lowest BCUT2D eigenvalue weighted by Crippen LogP contribution is -2.25. The van der Waals surface area contributed by atoms with Crippen molar-refractivity contribution in [2.24, 2.45) is 0 Å². The highest BCUT2D eigenvalue weighted by Gasteiger charge is 2.43. The van der Waals surface area contributed by atoms with Crippen molar-refractivity contribution in [3.8, 4) is 11.5 Å². The van der Waals surface area contributed by atoms with E-state index >= 15 is 0 Å². The Morgan fingerprint density at radius 2 is 2.05 bits per heavy atom. The second-order valence-electron chi connectivity index (χ2n) is 4.22. The zero-order chi connectivity index (χ0) is 14.0. The quantitative estimate of drug-likeness (QED) is 0.853. The summed E-state index contributed by atoms with van der Waals surface area (Å²) in [6.45, 7) is 3.41. The smallest absolute Gasteiger partial charge is 0.462 e. The summed E-state index contributed by atoms with van der Waals surface area (Å²) in [4.78, 5) is 11.3. The molecule has 0 fully saturated rings. The highest BCUT2D eigenvalue weighted by Crippen LogP contribution is 2.42. The Kier molecular flexibility index (Phi) is 3.46. The Balaban J connectivity index is 1.95. The lowest BCUT2D eigenvalue weighted by atomic mass is 10.3. The van der Waals surface area contributed by atoms with Gasteiger partial charge in [-0.15, -0.1) is 8.78 Å². The highest BCUT2D eigenvalue weighted by molar-refractivity contribution is 5.75. The monoisotopic (exact) mass is 273 g/mol. The Labute approximate surface area is 108 Å². The number of esters is 1. The van der Waals surface area contributed by atoms with Crippen LogP contribution in [-0.2, 0) is 9.53 Å². The Hall–Kier alpha value is -2.05. The molecule has 104 valence electrons. The predicted molar refractivity (Wildman–Crippen MR) is 62.4 cm³/mol. The van der Waals surface area contributed by atoms with Gasteiger partial charge in [-0.05, 0) is 26.0 Å². The van der Waals surface area contributed by atoms with Gasteiger partial charge < -0.3 is 19.5 Å². The summed E-state index contributed by atoms with van der Waals surface area (Å²) in [5, 5.41) is 2.75. The fraction of sp³-hybridized carbons (Fsp3) is 0.417. The summed E-state index contributed by atoms with van der Waals surface area (Å²) in [5.74, 6) is -0.550. The third-order valence-corrected chi connectivity index (χ3v) is 2.21. The molecule has 1 heterocycles. The SMILES string of the molecule is CC(C)OC(=O)CNc1ccc2c(c1)OC(F)(F)O2. The number of fused-ring (bicyclic) bond motifs is 1. The first-order valence-electron chi connectivity index (χ1n) is 5.69. The van der Waals surface area contributed by atoms with Crippen LogP contribution in [0.15, 0.2) is 18.2 Å². The molecular weight excluding hydrogens is 260 g/mol. The second-order valence-corrected chi connectivity index (χ2v) is 4.22. The number of rotatable bonds is 4. The third kappa shape index (κ3) is 3.46.